The smallest absolute Gasteiger partial charge is 0.109 e. The zero-order valence-electron chi connectivity index (χ0n) is 12.6. The van der Waals surface area contributed by atoms with Crippen LogP contribution in [0.5, 0.6) is 0 Å². The van der Waals surface area contributed by atoms with Crippen molar-refractivity contribution in [3.05, 3.63) is 18.2 Å². The molecular weight excluding hydrogens is 236 g/mol. The van der Waals surface area contributed by atoms with Crippen molar-refractivity contribution in [2.24, 2.45) is 7.05 Å². The summed E-state index contributed by atoms with van der Waals surface area (Å²) in [4.78, 5) is 7.06. The maximum absolute atomic E-state index is 4.42. The van der Waals surface area contributed by atoms with E-state index in [-0.39, 0.29) is 0 Å². The van der Waals surface area contributed by atoms with Crippen LogP contribution in [0.25, 0.3) is 0 Å². The SMILES string of the molecule is CCCC1CN(CCc2nccn2C)C(C)CCN1. The molecule has 1 aliphatic rings. The summed E-state index contributed by atoms with van der Waals surface area (Å²) in [5.74, 6) is 1.19. The fraction of sp³-hybridized carbons (Fsp3) is 0.800. The van der Waals surface area contributed by atoms with Crippen molar-refractivity contribution in [2.45, 2.75) is 51.6 Å². The third-order valence-electron chi connectivity index (χ3n) is 4.25. The van der Waals surface area contributed by atoms with Gasteiger partial charge in [-0.05, 0) is 26.3 Å². The molecule has 1 aliphatic heterocycles. The Balaban J connectivity index is 1.90. The largest absolute Gasteiger partial charge is 0.338 e. The number of aryl methyl sites for hydroxylation is 1. The van der Waals surface area contributed by atoms with E-state index in [0.717, 1.165) is 19.5 Å². The van der Waals surface area contributed by atoms with E-state index >= 15 is 0 Å². The van der Waals surface area contributed by atoms with Gasteiger partial charge in [-0.1, -0.05) is 13.3 Å². The summed E-state index contributed by atoms with van der Waals surface area (Å²) in [6, 6.07) is 1.34. The minimum atomic E-state index is 0.663. The molecule has 2 unspecified atom stereocenters. The van der Waals surface area contributed by atoms with Gasteiger partial charge in [0.15, 0.2) is 0 Å². The Bertz CT molecular complexity index is 374. The van der Waals surface area contributed by atoms with E-state index in [4.69, 9.17) is 0 Å². The van der Waals surface area contributed by atoms with Gasteiger partial charge in [0.05, 0.1) is 0 Å². The molecule has 2 atom stereocenters. The van der Waals surface area contributed by atoms with Gasteiger partial charge >= 0.3 is 0 Å². The number of nitrogens with zero attached hydrogens (tertiary/aromatic N) is 3. The Labute approximate surface area is 117 Å². The second-order valence-electron chi connectivity index (χ2n) is 5.78. The molecule has 1 fully saturated rings. The Morgan fingerprint density at radius 2 is 2.32 bits per heavy atom. The number of imidazole rings is 1. The van der Waals surface area contributed by atoms with Gasteiger partial charge in [-0.15, -0.1) is 0 Å². The van der Waals surface area contributed by atoms with Crippen molar-refractivity contribution < 1.29 is 0 Å². The molecule has 4 heteroatoms. The van der Waals surface area contributed by atoms with Crippen LogP contribution in [-0.4, -0.2) is 46.2 Å². The highest BCUT2D eigenvalue weighted by molar-refractivity contribution is 4.92. The van der Waals surface area contributed by atoms with Crippen molar-refractivity contribution >= 4 is 0 Å². The molecule has 1 saturated heterocycles. The lowest BCUT2D eigenvalue weighted by Crippen LogP contribution is -2.41. The van der Waals surface area contributed by atoms with Crippen LogP contribution < -0.4 is 5.32 Å². The van der Waals surface area contributed by atoms with E-state index < -0.39 is 0 Å². The number of hydrogen-bond donors (Lipinski definition) is 1. The molecule has 0 radical (unpaired) electrons. The highest BCUT2D eigenvalue weighted by Crippen LogP contribution is 2.12. The fourth-order valence-corrected chi connectivity index (χ4v) is 2.94. The summed E-state index contributed by atoms with van der Waals surface area (Å²) in [7, 11) is 2.08. The molecule has 0 aliphatic carbocycles. The number of nitrogens with one attached hydrogen (secondary N) is 1. The number of rotatable bonds is 5. The molecule has 19 heavy (non-hydrogen) atoms. The molecule has 0 amide bonds. The van der Waals surface area contributed by atoms with Gasteiger partial charge in [0.1, 0.15) is 5.82 Å². The average Bonchev–Trinajstić information content (AvgIpc) is 2.71. The monoisotopic (exact) mass is 264 g/mol. The zero-order valence-corrected chi connectivity index (χ0v) is 12.6. The van der Waals surface area contributed by atoms with Crippen LogP contribution in [0.15, 0.2) is 12.4 Å². The summed E-state index contributed by atoms with van der Waals surface area (Å²) < 4.78 is 2.13. The average molecular weight is 264 g/mol. The van der Waals surface area contributed by atoms with Crippen molar-refractivity contribution in [1.29, 1.82) is 0 Å². The van der Waals surface area contributed by atoms with Crippen LogP contribution in [0.3, 0.4) is 0 Å². The molecule has 4 nitrogen and oxygen atoms in total. The predicted octanol–water partition coefficient (Wildman–Crippen LogP) is 1.82. The van der Waals surface area contributed by atoms with Crippen LogP contribution in [0.1, 0.15) is 38.9 Å². The van der Waals surface area contributed by atoms with Gasteiger partial charge in [-0.2, -0.15) is 0 Å². The highest BCUT2D eigenvalue weighted by atomic mass is 15.2. The normalized spacial score (nSPS) is 25.4. The lowest BCUT2D eigenvalue weighted by atomic mass is 10.1. The molecule has 0 aromatic carbocycles. The second kappa shape index (κ2) is 7.06. The molecule has 0 spiro atoms. The van der Waals surface area contributed by atoms with Gasteiger partial charge in [-0.3, -0.25) is 4.90 Å². The minimum absolute atomic E-state index is 0.663. The third kappa shape index (κ3) is 4.05. The molecule has 1 N–H and O–H groups in total. The number of aromatic nitrogens is 2. The van der Waals surface area contributed by atoms with Gasteiger partial charge in [0.25, 0.3) is 0 Å². The molecular formula is C15H28N4. The first-order valence-corrected chi connectivity index (χ1v) is 7.64. The third-order valence-corrected chi connectivity index (χ3v) is 4.25. The summed E-state index contributed by atoms with van der Waals surface area (Å²) >= 11 is 0. The van der Waals surface area contributed by atoms with Crippen LogP contribution in [0, 0.1) is 0 Å². The quantitative estimate of drug-likeness (QED) is 0.880. The van der Waals surface area contributed by atoms with Crippen molar-refractivity contribution in [3.63, 3.8) is 0 Å². The Hall–Kier alpha value is -0.870. The first kappa shape index (κ1) is 14.5. The topological polar surface area (TPSA) is 33.1 Å². The first-order chi connectivity index (χ1) is 9.20. The van der Waals surface area contributed by atoms with E-state index in [0.29, 0.717) is 12.1 Å². The molecule has 1 aromatic rings. The maximum Gasteiger partial charge on any atom is 0.109 e. The van der Waals surface area contributed by atoms with Crippen molar-refractivity contribution in [1.82, 2.24) is 19.8 Å². The van der Waals surface area contributed by atoms with E-state index in [1.807, 2.05) is 12.4 Å². The van der Waals surface area contributed by atoms with E-state index in [1.165, 1.54) is 31.6 Å². The maximum atomic E-state index is 4.42. The summed E-state index contributed by atoms with van der Waals surface area (Å²) in [6.07, 6.45) is 8.77. The van der Waals surface area contributed by atoms with E-state index in [2.05, 4.69) is 40.7 Å². The molecule has 108 valence electrons. The first-order valence-electron chi connectivity index (χ1n) is 7.64. The predicted molar refractivity (Wildman–Crippen MR) is 79.3 cm³/mol. The standard InChI is InChI=1S/C15H28N4/c1-4-5-14-12-19(13(2)6-8-16-14)10-7-15-17-9-11-18(15)3/h9,11,13-14,16H,4-8,10,12H2,1-3H3. The van der Waals surface area contributed by atoms with Gasteiger partial charge in [0.2, 0.25) is 0 Å². The molecule has 2 rings (SSSR count). The minimum Gasteiger partial charge on any atom is -0.338 e. The van der Waals surface area contributed by atoms with E-state index in [9.17, 15) is 0 Å². The highest BCUT2D eigenvalue weighted by Gasteiger charge is 2.22. The van der Waals surface area contributed by atoms with Crippen LogP contribution in [-0.2, 0) is 13.5 Å². The van der Waals surface area contributed by atoms with Crippen molar-refractivity contribution in [3.8, 4) is 0 Å². The lowest BCUT2D eigenvalue weighted by Gasteiger charge is -2.28. The van der Waals surface area contributed by atoms with Crippen LogP contribution >= 0.6 is 0 Å². The van der Waals surface area contributed by atoms with E-state index in [1.54, 1.807) is 0 Å². The molecule has 0 bridgehead atoms. The Kier molecular flexibility index (Phi) is 5.40. The number of hydrogen-bond acceptors (Lipinski definition) is 3. The van der Waals surface area contributed by atoms with Gasteiger partial charge < -0.3 is 9.88 Å². The molecule has 0 saturated carbocycles. The second-order valence-corrected chi connectivity index (χ2v) is 5.78. The fourth-order valence-electron chi connectivity index (χ4n) is 2.94. The summed E-state index contributed by atoms with van der Waals surface area (Å²) in [6.45, 7) is 8.08. The van der Waals surface area contributed by atoms with Crippen LogP contribution in [0.4, 0.5) is 0 Å². The Morgan fingerprint density at radius 3 is 3.00 bits per heavy atom. The van der Waals surface area contributed by atoms with Gasteiger partial charge in [-0.25, -0.2) is 4.98 Å². The molecule has 2 heterocycles. The van der Waals surface area contributed by atoms with Crippen LogP contribution in [0.2, 0.25) is 0 Å². The Morgan fingerprint density at radius 1 is 1.47 bits per heavy atom. The lowest BCUT2D eigenvalue weighted by molar-refractivity contribution is 0.202. The summed E-state index contributed by atoms with van der Waals surface area (Å²) in [5.41, 5.74) is 0. The molecule has 1 aromatic heterocycles. The zero-order chi connectivity index (χ0) is 13.7. The summed E-state index contributed by atoms with van der Waals surface area (Å²) in [5, 5.41) is 3.68. The van der Waals surface area contributed by atoms with Gasteiger partial charge in [0, 0.05) is 51.0 Å². The van der Waals surface area contributed by atoms with Crippen molar-refractivity contribution in [2.75, 3.05) is 19.6 Å².